The van der Waals surface area contributed by atoms with E-state index in [1.54, 1.807) is 32.1 Å². The largest absolute Gasteiger partial charge is 0.381 e. The maximum Gasteiger partial charge on any atom is 0.0471 e. The van der Waals surface area contributed by atoms with Crippen LogP contribution >= 0.6 is 0 Å². The molecule has 0 aromatic heterocycles. The van der Waals surface area contributed by atoms with Gasteiger partial charge < -0.3 is 10.5 Å². The average molecular weight is 263 g/mol. The first-order valence-electron chi connectivity index (χ1n) is 8.56. The zero-order valence-electron chi connectivity index (χ0n) is 12.2. The van der Waals surface area contributed by atoms with E-state index in [-0.39, 0.29) is 0 Å². The summed E-state index contributed by atoms with van der Waals surface area (Å²) in [5.41, 5.74) is 6.62. The van der Waals surface area contributed by atoms with Gasteiger partial charge in [-0.3, -0.25) is 0 Å². The predicted octanol–water partition coefficient (Wildman–Crippen LogP) is 3.20. The molecule has 5 aliphatic rings. The monoisotopic (exact) mass is 263 g/mol. The molecule has 1 aliphatic heterocycles. The molecule has 0 aromatic rings. The molecule has 5 fully saturated rings. The molecule has 2 heteroatoms. The fraction of sp³-hybridized carbons (Fsp3) is 1.00. The molecule has 0 atom stereocenters. The Bertz CT molecular complexity index is 306. The SMILES string of the molecule is NCC1(CC2C3CC4CC(C3)CC2C4)CCOCC1. The Kier molecular flexibility index (Phi) is 3.15. The molecule has 0 spiro atoms. The van der Waals surface area contributed by atoms with Gasteiger partial charge in [0.2, 0.25) is 0 Å². The minimum absolute atomic E-state index is 0.429. The quantitative estimate of drug-likeness (QED) is 0.848. The van der Waals surface area contributed by atoms with Crippen molar-refractivity contribution in [2.75, 3.05) is 19.8 Å². The lowest BCUT2D eigenvalue weighted by Gasteiger charge is -2.56. The summed E-state index contributed by atoms with van der Waals surface area (Å²) in [6.45, 7) is 2.79. The summed E-state index contributed by atoms with van der Waals surface area (Å²) < 4.78 is 5.58. The van der Waals surface area contributed by atoms with Crippen LogP contribution in [0.4, 0.5) is 0 Å². The molecule has 0 aromatic carbocycles. The molecule has 1 heterocycles. The van der Waals surface area contributed by atoms with Crippen molar-refractivity contribution >= 4 is 0 Å². The molecule has 1 saturated heterocycles. The summed E-state index contributed by atoms with van der Waals surface area (Å²) >= 11 is 0. The molecule has 5 rings (SSSR count). The van der Waals surface area contributed by atoms with Crippen molar-refractivity contribution in [1.29, 1.82) is 0 Å². The summed E-state index contributed by atoms with van der Waals surface area (Å²) in [6.07, 6.45) is 11.6. The number of nitrogens with two attached hydrogens (primary N) is 1. The van der Waals surface area contributed by atoms with Gasteiger partial charge in [-0.1, -0.05) is 0 Å². The van der Waals surface area contributed by atoms with Gasteiger partial charge in [-0.05, 0) is 92.9 Å². The standard InChI is InChI=1S/C17H29NO/c18-11-17(1-3-19-4-2-17)10-16-14-6-12-5-13(8-14)9-15(16)7-12/h12-16H,1-11,18H2. The van der Waals surface area contributed by atoms with E-state index in [0.717, 1.165) is 49.3 Å². The van der Waals surface area contributed by atoms with Gasteiger partial charge in [0, 0.05) is 13.2 Å². The molecule has 4 aliphatic carbocycles. The van der Waals surface area contributed by atoms with Crippen LogP contribution in [0, 0.1) is 35.0 Å². The van der Waals surface area contributed by atoms with Crippen molar-refractivity contribution < 1.29 is 4.74 Å². The molecule has 2 N–H and O–H groups in total. The smallest absolute Gasteiger partial charge is 0.0471 e. The lowest BCUT2D eigenvalue weighted by molar-refractivity contribution is -0.0723. The van der Waals surface area contributed by atoms with Crippen LogP contribution in [0.1, 0.15) is 51.4 Å². The molecule has 4 saturated carbocycles. The number of hydrogen-bond donors (Lipinski definition) is 1. The van der Waals surface area contributed by atoms with E-state index in [4.69, 9.17) is 10.5 Å². The molecular formula is C17H29NO. The zero-order valence-corrected chi connectivity index (χ0v) is 12.2. The zero-order chi connectivity index (χ0) is 12.9. The van der Waals surface area contributed by atoms with Crippen molar-refractivity contribution in [3.63, 3.8) is 0 Å². The van der Waals surface area contributed by atoms with Crippen LogP contribution < -0.4 is 5.73 Å². The van der Waals surface area contributed by atoms with Crippen LogP contribution in [0.2, 0.25) is 0 Å². The molecule has 4 bridgehead atoms. The number of ether oxygens (including phenoxy) is 1. The minimum Gasteiger partial charge on any atom is -0.381 e. The van der Waals surface area contributed by atoms with E-state index in [9.17, 15) is 0 Å². The van der Waals surface area contributed by atoms with Crippen LogP contribution in [-0.2, 0) is 4.74 Å². The molecule has 0 unspecified atom stereocenters. The van der Waals surface area contributed by atoms with E-state index in [0.29, 0.717) is 5.41 Å². The number of rotatable bonds is 3. The first kappa shape index (κ1) is 12.6. The summed E-state index contributed by atoms with van der Waals surface area (Å²) in [5, 5.41) is 0. The molecule has 0 radical (unpaired) electrons. The topological polar surface area (TPSA) is 35.2 Å². The van der Waals surface area contributed by atoms with Gasteiger partial charge in [0.05, 0.1) is 0 Å². The third-order valence-electron chi connectivity index (χ3n) is 7.08. The van der Waals surface area contributed by atoms with Crippen LogP contribution in [0.15, 0.2) is 0 Å². The summed E-state index contributed by atoms with van der Waals surface area (Å²) in [7, 11) is 0. The van der Waals surface area contributed by atoms with Gasteiger partial charge >= 0.3 is 0 Å². The van der Waals surface area contributed by atoms with Crippen molar-refractivity contribution in [1.82, 2.24) is 0 Å². The summed E-state index contributed by atoms with van der Waals surface area (Å²) in [5.74, 6) is 5.32. The van der Waals surface area contributed by atoms with Crippen molar-refractivity contribution in [3.8, 4) is 0 Å². The predicted molar refractivity (Wildman–Crippen MR) is 76.7 cm³/mol. The Labute approximate surface area is 117 Å². The third kappa shape index (κ3) is 2.15. The fourth-order valence-corrected chi connectivity index (χ4v) is 6.17. The van der Waals surface area contributed by atoms with Gasteiger partial charge in [0.25, 0.3) is 0 Å². The molecular weight excluding hydrogens is 234 g/mol. The molecule has 2 nitrogen and oxygen atoms in total. The second-order valence-corrected chi connectivity index (χ2v) is 8.12. The van der Waals surface area contributed by atoms with Crippen LogP contribution in [0.25, 0.3) is 0 Å². The van der Waals surface area contributed by atoms with Crippen LogP contribution in [0.5, 0.6) is 0 Å². The van der Waals surface area contributed by atoms with E-state index in [1.165, 1.54) is 19.3 Å². The van der Waals surface area contributed by atoms with Gasteiger partial charge in [0.1, 0.15) is 0 Å². The van der Waals surface area contributed by atoms with Crippen LogP contribution in [-0.4, -0.2) is 19.8 Å². The Balaban J connectivity index is 1.50. The van der Waals surface area contributed by atoms with Crippen molar-refractivity contribution in [3.05, 3.63) is 0 Å². The third-order valence-corrected chi connectivity index (χ3v) is 7.08. The van der Waals surface area contributed by atoms with E-state index >= 15 is 0 Å². The minimum atomic E-state index is 0.429. The molecule has 0 amide bonds. The van der Waals surface area contributed by atoms with Crippen molar-refractivity contribution in [2.45, 2.75) is 51.4 Å². The summed E-state index contributed by atoms with van der Waals surface area (Å²) in [6, 6.07) is 0. The summed E-state index contributed by atoms with van der Waals surface area (Å²) in [4.78, 5) is 0. The Morgan fingerprint density at radius 2 is 1.47 bits per heavy atom. The highest BCUT2D eigenvalue weighted by Crippen LogP contribution is 2.59. The Morgan fingerprint density at radius 1 is 0.895 bits per heavy atom. The molecule has 108 valence electrons. The van der Waals surface area contributed by atoms with Gasteiger partial charge in [-0.2, -0.15) is 0 Å². The highest BCUT2D eigenvalue weighted by molar-refractivity contribution is 5.00. The maximum atomic E-state index is 6.19. The molecule has 19 heavy (non-hydrogen) atoms. The van der Waals surface area contributed by atoms with Gasteiger partial charge in [-0.15, -0.1) is 0 Å². The highest BCUT2D eigenvalue weighted by Gasteiger charge is 2.50. The first-order valence-corrected chi connectivity index (χ1v) is 8.56. The van der Waals surface area contributed by atoms with Crippen LogP contribution in [0.3, 0.4) is 0 Å². The normalized spacial score (nSPS) is 47.5. The van der Waals surface area contributed by atoms with E-state index < -0.39 is 0 Å². The Hall–Kier alpha value is -0.0800. The highest BCUT2D eigenvalue weighted by atomic mass is 16.5. The van der Waals surface area contributed by atoms with E-state index in [1.807, 2.05) is 0 Å². The Morgan fingerprint density at radius 3 is 2.00 bits per heavy atom. The van der Waals surface area contributed by atoms with E-state index in [2.05, 4.69) is 0 Å². The van der Waals surface area contributed by atoms with Gasteiger partial charge in [-0.25, -0.2) is 0 Å². The maximum absolute atomic E-state index is 6.19. The first-order chi connectivity index (χ1) is 9.28. The number of hydrogen-bond acceptors (Lipinski definition) is 2. The fourth-order valence-electron chi connectivity index (χ4n) is 6.17. The van der Waals surface area contributed by atoms with Crippen molar-refractivity contribution in [2.24, 2.45) is 40.7 Å². The lowest BCUT2D eigenvalue weighted by atomic mass is 9.49. The second kappa shape index (κ2) is 4.73. The van der Waals surface area contributed by atoms with Gasteiger partial charge in [0.15, 0.2) is 0 Å². The lowest BCUT2D eigenvalue weighted by Crippen LogP contribution is -2.48. The second-order valence-electron chi connectivity index (χ2n) is 8.12. The average Bonchev–Trinajstić information content (AvgIpc) is 2.43.